The number of rotatable bonds is 11. The molecule has 3 N–H and O–H groups in total. The lowest BCUT2D eigenvalue weighted by atomic mass is 9.92. The van der Waals surface area contributed by atoms with Gasteiger partial charge in [0, 0.05) is 41.7 Å². The van der Waals surface area contributed by atoms with Crippen molar-refractivity contribution in [3.8, 4) is 17.0 Å². The highest BCUT2D eigenvalue weighted by Crippen LogP contribution is 2.45. The lowest BCUT2D eigenvalue weighted by Gasteiger charge is -2.30. The Labute approximate surface area is 211 Å². The van der Waals surface area contributed by atoms with Crippen LogP contribution in [0.4, 0.5) is 11.4 Å². The van der Waals surface area contributed by atoms with Crippen LogP contribution in [-0.2, 0) is 16.6 Å². The van der Waals surface area contributed by atoms with Crippen molar-refractivity contribution in [2.75, 3.05) is 22.8 Å². The van der Waals surface area contributed by atoms with Gasteiger partial charge in [-0.25, -0.2) is 13.4 Å². The van der Waals surface area contributed by atoms with Gasteiger partial charge in [-0.05, 0) is 49.9 Å². The van der Waals surface area contributed by atoms with Gasteiger partial charge in [-0.15, -0.1) is 0 Å². The van der Waals surface area contributed by atoms with Gasteiger partial charge in [0.15, 0.2) is 0 Å². The molecule has 36 heavy (non-hydrogen) atoms. The number of fused-ring (bicyclic) bond motifs is 1. The summed E-state index contributed by atoms with van der Waals surface area (Å²) in [6, 6.07) is 13.9. The molecular weight excluding hydrogens is 476 g/mol. The molecule has 0 aliphatic heterocycles. The van der Waals surface area contributed by atoms with E-state index in [1.807, 2.05) is 31.2 Å². The molecule has 0 radical (unpaired) electrons. The predicted octanol–water partition coefficient (Wildman–Crippen LogP) is 4.83. The summed E-state index contributed by atoms with van der Waals surface area (Å²) in [5.41, 5.74) is 11.0. The van der Waals surface area contributed by atoms with Crippen molar-refractivity contribution in [2.24, 2.45) is 0 Å². The molecule has 0 unspecified atom stereocenters. The number of nitrogens with one attached hydrogen (secondary N) is 1. The highest BCUT2D eigenvalue weighted by molar-refractivity contribution is 7.92. The molecule has 190 valence electrons. The first-order valence-corrected chi connectivity index (χ1v) is 14.1. The maximum Gasteiger partial charge on any atom is 0.232 e. The first kappa shape index (κ1) is 24.2. The van der Waals surface area contributed by atoms with Gasteiger partial charge in [-0.1, -0.05) is 19.1 Å². The Morgan fingerprint density at radius 3 is 2.64 bits per heavy atom. The Balaban J connectivity index is 1.41. The molecule has 0 bridgehead atoms. The third kappa shape index (κ3) is 5.04. The molecule has 1 aliphatic rings. The van der Waals surface area contributed by atoms with Crippen LogP contribution in [0.5, 0.6) is 5.75 Å². The number of aromatic nitrogens is 4. The summed E-state index contributed by atoms with van der Waals surface area (Å²) in [4.78, 5) is 3.96. The lowest BCUT2D eigenvalue weighted by Crippen LogP contribution is -2.18. The summed E-state index contributed by atoms with van der Waals surface area (Å²) >= 11 is 0. The van der Waals surface area contributed by atoms with Gasteiger partial charge in [0.05, 0.1) is 29.3 Å². The van der Waals surface area contributed by atoms with Gasteiger partial charge in [0.1, 0.15) is 18.4 Å². The van der Waals surface area contributed by atoms with Crippen molar-refractivity contribution >= 4 is 32.3 Å². The van der Waals surface area contributed by atoms with Gasteiger partial charge in [-0.3, -0.25) is 9.40 Å². The van der Waals surface area contributed by atoms with Crippen molar-refractivity contribution in [3.63, 3.8) is 0 Å². The molecule has 0 amide bonds. The number of hydrogen-bond donors (Lipinski definition) is 2. The van der Waals surface area contributed by atoms with E-state index >= 15 is 0 Å². The molecule has 0 spiro atoms. The van der Waals surface area contributed by atoms with Crippen LogP contribution in [0.3, 0.4) is 0 Å². The number of nitrogen functional groups attached to an aromatic ring is 1. The zero-order valence-electron chi connectivity index (χ0n) is 20.4. The Bertz CT molecular complexity index is 1420. The molecule has 0 saturated heterocycles. The van der Waals surface area contributed by atoms with Gasteiger partial charge in [0.2, 0.25) is 10.0 Å². The van der Waals surface area contributed by atoms with Gasteiger partial charge in [-0.2, -0.15) is 5.10 Å². The fourth-order valence-corrected chi connectivity index (χ4v) is 5.82. The quantitative estimate of drug-likeness (QED) is 0.280. The van der Waals surface area contributed by atoms with E-state index in [9.17, 15) is 8.42 Å². The van der Waals surface area contributed by atoms with Crippen LogP contribution in [0.2, 0.25) is 0 Å². The number of hydrogen-bond acceptors (Lipinski definition) is 6. The van der Waals surface area contributed by atoms with E-state index in [0.29, 0.717) is 24.8 Å². The van der Waals surface area contributed by atoms with Crippen molar-refractivity contribution in [1.29, 1.82) is 0 Å². The molecule has 9 nitrogen and oxygen atoms in total. The molecule has 1 saturated carbocycles. The molecule has 2 heterocycles. The summed E-state index contributed by atoms with van der Waals surface area (Å²) in [7, 11) is -3.34. The minimum atomic E-state index is -3.34. The molecule has 1 fully saturated rings. The van der Waals surface area contributed by atoms with Crippen LogP contribution in [0.25, 0.3) is 22.2 Å². The Kier molecular flexibility index (Phi) is 6.86. The van der Waals surface area contributed by atoms with Gasteiger partial charge >= 0.3 is 0 Å². The third-order valence-electron chi connectivity index (χ3n) is 6.63. The fourth-order valence-electron chi connectivity index (χ4n) is 4.69. The van der Waals surface area contributed by atoms with Gasteiger partial charge < -0.3 is 15.0 Å². The monoisotopic (exact) mass is 508 g/mol. The Morgan fingerprint density at radius 1 is 1.17 bits per heavy atom. The van der Waals surface area contributed by atoms with Crippen molar-refractivity contribution in [2.45, 2.75) is 51.6 Å². The van der Waals surface area contributed by atoms with Crippen LogP contribution in [-0.4, -0.2) is 40.1 Å². The highest BCUT2D eigenvalue weighted by Gasteiger charge is 2.27. The Hall–Kier alpha value is -3.53. The number of anilines is 2. The number of sulfonamides is 1. The standard InChI is InChI=1S/C26H32N6O3S/c1-2-15-36(33,34)30-20-9-7-19(8-10-20)26-25(27)23-12-11-22(16-24(23)32(26)21-5-3-6-21)35-14-4-13-31-18-28-17-29-31/h7-12,16-18,21,30H,2-6,13-15,27H2,1H3. The second-order valence-electron chi connectivity index (χ2n) is 9.25. The minimum absolute atomic E-state index is 0.0997. The average Bonchev–Trinajstić information content (AvgIpc) is 3.43. The molecule has 2 aromatic carbocycles. The van der Waals surface area contributed by atoms with E-state index in [2.05, 4.69) is 25.4 Å². The van der Waals surface area contributed by atoms with Crippen molar-refractivity contribution < 1.29 is 13.2 Å². The lowest BCUT2D eigenvalue weighted by molar-refractivity contribution is 0.298. The summed E-state index contributed by atoms with van der Waals surface area (Å²) in [6.07, 6.45) is 8.03. The van der Waals surface area contributed by atoms with Crippen molar-refractivity contribution in [3.05, 3.63) is 55.1 Å². The normalized spacial score (nSPS) is 14.1. The maximum atomic E-state index is 12.1. The second-order valence-corrected chi connectivity index (χ2v) is 11.1. The zero-order chi connectivity index (χ0) is 25.1. The van der Waals surface area contributed by atoms with E-state index in [0.717, 1.165) is 59.4 Å². The smallest absolute Gasteiger partial charge is 0.232 e. The van der Waals surface area contributed by atoms with E-state index in [1.54, 1.807) is 23.1 Å². The number of aryl methyl sites for hydroxylation is 1. The van der Waals surface area contributed by atoms with Crippen molar-refractivity contribution in [1.82, 2.24) is 19.3 Å². The molecule has 1 aliphatic carbocycles. The topological polar surface area (TPSA) is 117 Å². The average molecular weight is 509 g/mol. The first-order valence-electron chi connectivity index (χ1n) is 12.4. The van der Waals surface area contributed by atoms with Gasteiger partial charge in [0.25, 0.3) is 0 Å². The zero-order valence-corrected chi connectivity index (χ0v) is 21.2. The number of nitrogens with zero attached hydrogens (tertiary/aromatic N) is 4. The largest absolute Gasteiger partial charge is 0.493 e. The summed E-state index contributed by atoms with van der Waals surface area (Å²) < 4.78 is 37.1. The third-order valence-corrected chi connectivity index (χ3v) is 8.12. The summed E-state index contributed by atoms with van der Waals surface area (Å²) in [6.45, 7) is 3.18. The molecule has 10 heteroatoms. The first-order chi connectivity index (χ1) is 17.4. The van der Waals surface area contributed by atoms with E-state index < -0.39 is 10.0 Å². The molecular formula is C26H32N6O3S. The van der Waals surface area contributed by atoms with Crippen LogP contribution in [0.1, 0.15) is 45.1 Å². The van der Waals surface area contributed by atoms with Crippen LogP contribution >= 0.6 is 0 Å². The molecule has 2 aromatic heterocycles. The van der Waals surface area contributed by atoms with E-state index in [-0.39, 0.29) is 5.75 Å². The van der Waals surface area contributed by atoms with Crippen LogP contribution in [0.15, 0.2) is 55.1 Å². The number of nitrogens with two attached hydrogens (primary N) is 1. The summed E-state index contributed by atoms with van der Waals surface area (Å²) in [5.74, 6) is 0.911. The van der Waals surface area contributed by atoms with E-state index in [1.165, 1.54) is 12.7 Å². The highest BCUT2D eigenvalue weighted by atomic mass is 32.2. The number of ether oxygens (including phenoxy) is 1. The SMILES string of the molecule is CCCS(=O)(=O)Nc1ccc(-c2c(N)c3ccc(OCCCn4cncn4)cc3n2C2CCC2)cc1. The van der Waals surface area contributed by atoms with Crippen LogP contribution in [0, 0.1) is 0 Å². The predicted molar refractivity (Wildman–Crippen MR) is 143 cm³/mol. The second kappa shape index (κ2) is 10.2. The maximum absolute atomic E-state index is 12.1. The molecule has 4 aromatic rings. The molecule has 0 atom stereocenters. The minimum Gasteiger partial charge on any atom is -0.493 e. The molecule has 5 rings (SSSR count). The number of benzene rings is 2. The Morgan fingerprint density at radius 2 is 1.97 bits per heavy atom. The fraction of sp³-hybridized carbons (Fsp3) is 0.385. The van der Waals surface area contributed by atoms with Crippen LogP contribution < -0.4 is 15.2 Å². The van der Waals surface area contributed by atoms with E-state index in [4.69, 9.17) is 10.5 Å². The summed E-state index contributed by atoms with van der Waals surface area (Å²) in [5, 5.41) is 5.12.